The average Bonchev–Trinajstić information content (AvgIpc) is 3.30. The lowest BCUT2D eigenvalue weighted by Crippen LogP contribution is -2.14. The molecule has 2 aliphatic rings. The standard InChI is InChI=1S/C20H11N3/c1-2-4-16-12(3-1)17-14-9-21-10-15(14)18-13(20(17)23-16)6-5-11-7-8-22-19(11)18/h1-10,23H. The summed E-state index contributed by atoms with van der Waals surface area (Å²) < 4.78 is 0. The van der Waals surface area contributed by atoms with Crippen molar-refractivity contribution in [2.45, 2.75) is 0 Å². The van der Waals surface area contributed by atoms with Gasteiger partial charge in [0.2, 0.25) is 0 Å². The van der Waals surface area contributed by atoms with Crippen LogP contribution in [0.3, 0.4) is 0 Å². The minimum absolute atomic E-state index is 1.06. The summed E-state index contributed by atoms with van der Waals surface area (Å²) in [6, 6.07) is 12.8. The van der Waals surface area contributed by atoms with Crippen molar-refractivity contribution in [1.29, 1.82) is 0 Å². The van der Waals surface area contributed by atoms with Gasteiger partial charge in [0.05, 0.1) is 10.9 Å². The van der Waals surface area contributed by atoms with Crippen LogP contribution in [0.25, 0.3) is 44.9 Å². The molecule has 3 nitrogen and oxygen atoms in total. The molecule has 2 aliphatic heterocycles. The third kappa shape index (κ3) is 1.26. The smallest absolute Gasteiger partial charge is 0.0788 e. The predicted molar refractivity (Wildman–Crippen MR) is 95.2 cm³/mol. The Bertz CT molecular complexity index is 1350. The molecule has 0 fully saturated rings. The Hall–Kier alpha value is -3.20. The number of aliphatic imine (C=N–C) groups is 1. The van der Waals surface area contributed by atoms with E-state index < -0.39 is 0 Å². The second-order valence-corrected chi connectivity index (χ2v) is 6.03. The van der Waals surface area contributed by atoms with Crippen LogP contribution in [0.15, 0.2) is 52.6 Å². The van der Waals surface area contributed by atoms with Gasteiger partial charge in [-0.1, -0.05) is 30.3 Å². The number of benzene rings is 3. The number of H-pyrrole nitrogens is 1. The van der Waals surface area contributed by atoms with Crippen molar-refractivity contribution < 1.29 is 0 Å². The first-order chi connectivity index (χ1) is 11.4. The molecule has 3 heteroatoms. The third-order valence-electron chi connectivity index (χ3n) is 4.88. The molecule has 0 unspecified atom stereocenters. The summed E-state index contributed by atoms with van der Waals surface area (Å²) in [5, 5.41) is 7.16. The van der Waals surface area contributed by atoms with Gasteiger partial charge in [0, 0.05) is 62.0 Å². The molecule has 6 rings (SSSR count). The van der Waals surface area contributed by atoms with Crippen LogP contribution in [0.4, 0.5) is 0 Å². The fourth-order valence-electron chi connectivity index (χ4n) is 3.90. The second kappa shape index (κ2) is 3.76. The first kappa shape index (κ1) is 11.4. The molecule has 0 spiro atoms. The number of fused-ring (bicyclic) bond motifs is 10. The summed E-state index contributed by atoms with van der Waals surface area (Å²) in [5.41, 5.74) is 4.69. The molecule has 0 atom stereocenters. The first-order valence-corrected chi connectivity index (χ1v) is 7.69. The zero-order chi connectivity index (χ0) is 15.0. The van der Waals surface area contributed by atoms with Crippen molar-refractivity contribution in [2.75, 3.05) is 0 Å². The molecule has 1 N–H and O–H groups in total. The monoisotopic (exact) mass is 293 g/mol. The topological polar surface area (TPSA) is 40.5 Å². The Morgan fingerprint density at radius 1 is 0.913 bits per heavy atom. The van der Waals surface area contributed by atoms with Crippen LogP contribution in [0.1, 0.15) is 11.1 Å². The highest BCUT2D eigenvalue weighted by Crippen LogP contribution is 2.30. The number of hydrogen-bond acceptors (Lipinski definition) is 2. The predicted octanol–water partition coefficient (Wildman–Crippen LogP) is 3.25. The Morgan fingerprint density at radius 3 is 2.87 bits per heavy atom. The maximum absolute atomic E-state index is 4.60. The van der Waals surface area contributed by atoms with E-state index >= 15 is 0 Å². The van der Waals surface area contributed by atoms with Crippen LogP contribution in [0.2, 0.25) is 0 Å². The van der Waals surface area contributed by atoms with E-state index in [4.69, 9.17) is 0 Å². The average molecular weight is 293 g/mol. The second-order valence-electron chi connectivity index (χ2n) is 6.03. The van der Waals surface area contributed by atoms with Crippen molar-refractivity contribution in [2.24, 2.45) is 9.98 Å². The van der Waals surface area contributed by atoms with Gasteiger partial charge in [-0.15, -0.1) is 0 Å². The number of para-hydroxylation sites is 1. The highest BCUT2D eigenvalue weighted by molar-refractivity contribution is 6.22. The summed E-state index contributed by atoms with van der Waals surface area (Å²) in [4.78, 5) is 12.6. The lowest BCUT2D eigenvalue weighted by molar-refractivity contribution is 1.42. The molecule has 3 heterocycles. The molecule has 4 aromatic rings. The van der Waals surface area contributed by atoms with Gasteiger partial charge in [-0.2, -0.15) is 0 Å². The van der Waals surface area contributed by atoms with Gasteiger partial charge in [0.25, 0.3) is 0 Å². The van der Waals surface area contributed by atoms with E-state index in [1.54, 1.807) is 0 Å². The lowest BCUT2D eigenvalue weighted by atomic mass is 9.96. The molecular weight excluding hydrogens is 282 g/mol. The number of hydrogen-bond donors (Lipinski definition) is 1. The largest absolute Gasteiger partial charge is 0.354 e. The van der Waals surface area contributed by atoms with E-state index in [0.29, 0.717) is 0 Å². The number of aromatic nitrogens is 1. The zero-order valence-electron chi connectivity index (χ0n) is 12.2. The Balaban J connectivity index is 2.04. The fraction of sp³-hybridized carbons (Fsp3) is 0. The summed E-state index contributed by atoms with van der Waals surface area (Å²) in [6.45, 7) is 0. The molecule has 0 radical (unpaired) electrons. The van der Waals surface area contributed by atoms with E-state index in [-0.39, 0.29) is 0 Å². The van der Waals surface area contributed by atoms with Crippen molar-refractivity contribution in [1.82, 2.24) is 4.98 Å². The van der Waals surface area contributed by atoms with Crippen LogP contribution in [0, 0.1) is 0 Å². The van der Waals surface area contributed by atoms with Gasteiger partial charge >= 0.3 is 0 Å². The van der Waals surface area contributed by atoms with E-state index in [1.165, 1.54) is 43.4 Å². The summed E-state index contributed by atoms with van der Waals surface area (Å²) in [6.07, 6.45) is 7.88. The Morgan fingerprint density at radius 2 is 1.87 bits per heavy atom. The molecule has 106 valence electrons. The Kier molecular flexibility index (Phi) is 1.86. The molecule has 0 aliphatic carbocycles. The van der Waals surface area contributed by atoms with Crippen molar-refractivity contribution >= 4 is 51.1 Å². The molecule has 23 heavy (non-hydrogen) atoms. The lowest BCUT2D eigenvalue weighted by Gasteiger charge is -2.06. The van der Waals surface area contributed by atoms with E-state index in [1.807, 2.05) is 18.6 Å². The first-order valence-electron chi connectivity index (χ1n) is 7.69. The normalized spacial score (nSPS) is 14.4. The molecule has 0 bridgehead atoms. The minimum Gasteiger partial charge on any atom is -0.354 e. The zero-order valence-corrected chi connectivity index (χ0v) is 12.2. The number of rotatable bonds is 0. The van der Waals surface area contributed by atoms with Crippen molar-refractivity contribution in [3.8, 4) is 0 Å². The minimum atomic E-state index is 1.06. The van der Waals surface area contributed by atoms with Crippen molar-refractivity contribution in [3.05, 3.63) is 64.3 Å². The highest BCUT2D eigenvalue weighted by Gasteiger charge is 2.18. The van der Waals surface area contributed by atoms with Crippen LogP contribution < -0.4 is 10.6 Å². The number of nitrogens with zero attached hydrogens (tertiary/aromatic N) is 2. The number of aromatic amines is 1. The van der Waals surface area contributed by atoms with E-state index in [9.17, 15) is 0 Å². The molecule has 0 saturated carbocycles. The van der Waals surface area contributed by atoms with Crippen LogP contribution in [-0.2, 0) is 0 Å². The summed E-state index contributed by atoms with van der Waals surface area (Å²) in [5.74, 6) is 0. The maximum Gasteiger partial charge on any atom is 0.0788 e. The van der Waals surface area contributed by atoms with Crippen molar-refractivity contribution in [3.63, 3.8) is 0 Å². The fourth-order valence-corrected chi connectivity index (χ4v) is 3.90. The molecule has 1 aromatic heterocycles. The van der Waals surface area contributed by atoms with E-state index in [0.717, 1.165) is 10.9 Å². The highest BCUT2D eigenvalue weighted by atomic mass is 14.7. The van der Waals surface area contributed by atoms with Gasteiger partial charge in [0.1, 0.15) is 0 Å². The molecule has 0 amide bonds. The quantitative estimate of drug-likeness (QED) is 0.517. The van der Waals surface area contributed by atoms with Gasteiger partial charge in [0.15, 0.2) is 0 Å². The molecular formula is C20H11N3. The Labute approximate surface area is 131 Å². The van der Waals surface area contributed by atoms with Gasteiger partial charge in [-0.3, -0.25) is 9.98 Å². The van der Waals surface area contributed by atoms with E-state index in [2.05, 4.69) is 57.4 Å². The number of nitrogens with one attached hydrogen (secondary N) is 1. The summed E-state index contributed by atoms with van der Waals surface area (Å²) in [7, 11) is 0. The van der Waals surface area contributed by atoms with Crippen LogP contribution in [0.5, 0.6) is 0 Å². The molecule has 0 saturated heterocycles. The van der Waals surface area contributed by atoms with Gasteiger partial charge in [-0.05, 0) is 12.1 Å². The SMILES string of the molecule is C1=Cc2ccc3c(c4c(c5c6ccccc6[nH]c35)=CN=C4)c2=N1. The van der Waals surface area contributed by atoms with Gasteiger partial charge < -0.3 is 4.98 Å². The summed E-state index contributed by atoms with van der Waals surface area (Å²) >= 11 is 0. The van der Waals surface area contributed by atoms with Gasteiger partial charge in [-0.25, -0.2) is 0 Å². The van der Waals surface area contributed by atoms with Crippen LogP contribution >= 0.6 is 0 Å². The maximum atomic E-state index is 4.60. The van der Waals surface area contributed by atoms with Crippen LogP contribution in [-0.4, -0.2) is 11.2 Å². The molecule has 3 aromatic carbocycles. The third-order valence-corrected chi connectivity index (χ3v) is 4.88.